The molecule has 2 rings (SSSR count). The minimum atomic E-state index is -0.585. The number of rotatable bonds is 7. The number of aryl methyl sites for hydroxylation is 1. The Labute approximate surface area is 163 Å². The van der Waals surface area contributed by atoms with Gasteiger partial charge < -0.3 is 10.6 Å². The van der Waals surface area contributed by atoms with E-state index < -0.39 is 11.9 Å². The molecule has 0 saturated heterocycles. The third-order valence-electron chi connectivity index (χ3n) is 4.29. The minimum absolute atomic E-state index is 0.0454. The van der Waals surface area contributed by atoms with Crippen LogP contribution in [-0.4, -0.2) is 36.3 Å². The Bertz CT molecular complexity index is 829. The van der Waals surface area contributed by atoms with E-state index in [1.54, 1.807) is 18.9 Å². The number of nitrogens with one attached hydrogen (secondary N) is 2. The van der Waals surface area contributed by atoms with Crippen LogP contribution in [0.5, 0.6) is 0 Å². The van der Waals surface area contributed by atoms with Gasteiger partial charge in [0.1, 0.15) is 5.82 Å². The van der Waals surface area contributed by atoms with Gasteiger partial charge in [0.2, 0.25) is 11.8 Å². The third-order valence-corrected chi connectivity index (χ3v) is 4.61. The summed E-state index contributed by atoms with van der Waals surface area (Å²) in [4.78, 5) is 26.3. The zero-order valence-corrected chi connectivity index (χ0v) is 16.3. The molecule has 144 valence electrons. The predicted octanol–water partition coefficient (Wildman–Crippen LogP) is 3.94. The molecule has 0 radical (unpaired) electrons. The number of para-hydroxylation sites is 1. The number of carbonyl (C=O) groups is 2. The van der Waals surface area contributed by atoms with Crippen LogP contribution in [-0.2, 0) is 16.0 Å². The number of benzene rings is 2. The van der Waals surface area contributed by atoms with E-state index in [1.165, 1.54) is 12.1 Å². The zero-order chi connectivity index (χ0) is 20.0. The van der Waals surface area contributed by atoms with Crippen LogP contribution in [0.1, 0.15) is 19.4 Å². The first-order valence-electron chi connectivity index (χ1n) is 8.65. The van der Waals surface area contributed by atoms with Crippen molar-refractivity contribution in [2.75, 3.05) is 24.2 Å². The van der Waals surface area contributed by atoms with Crippen LogP contribution in [0.4, 0.5) is 15.8 Å². The molecule has 7 heteroatoms. The van der Waals surface area contributed by atoms with Crippen LogP contribution in [0, 0.1) is 5.82 Å². The van der Waals surface area contributed by atoms with E-state index in [0.717, 1.165) is 23.7 Å². The molecule has 1 atom stereocenters. The largest absolute Gasteiger partial charge is 0.325 e. The summed E-state index contributed by atoms with van der Waals surface area (Å²) >= 11 is 5.93. The van der Waals surface area contributed by atoms with Crippen molar-refractivity contribution in [1.82, 2.24) is 4.90 Å². The summed E-state index contributed by atoms with van der Waals surface area (Å²) in [5.41, 5.74) is 2.14. The van der Waals surface area contributed by atoms with Crippen LogP contribution in [0.25, 0.3) is 0 Å². The topological polar surface area (TPSA) is 61.4 Å². The highest BCUT2D eigenvalue weighted by Gasteiger charge is 2.21. The average molecular weight is 392 g/mol. The van der Waals surface area contributed by atoms with E-state index in [1.807, 2.05) is 31.2 Å². The van der Waals surface area contributed by atoms with Gasteiger partial charge in [-0.3, -0.25) is 14.5 Å². The van der Waals surface area contributed by atoms with Crippen molar-refractivity contribution in [3.05, 3.63) is 58.9 Å². The third kappa shape index (κ3) is 5.77. The molecule has 2 aromatic rings. The number of amides is 2. The maximum absolute atomic E-state index is 13.1. The quantitative estimate of drug-likeness (QED) is 0.751. The number of hydrogen-bond donors (Lipinski definition) is 2. The standard InChI is InChI=1S/C20H23ClFN3O2/c1-4-14-7-5-6-8-17(14)23-19(26)12-25(3)13(2)20(27)24-18-10-9-15(22)11-16(18)21/h5-11,13H,4,12H2,1-3H3,(H,23,26)(H,24,27). The number of nitrogens with zero attached hydrogens (tertiary/aromatic N) is 1. The van der Waals surface area contributed by atoms with Crippen LogP contribution in [0.15, 0.2) is 42.5 Å². The summed E-state index contributed by atoms with van der Waals surface area (Å²) < 4.78 is 13.1. The van der Waals surface area contributed by atoms with Gasteiger partial charge in [-0.15, -0.1) is 0 Å². The molecule has 0 saturated carbocycles. The molecule has 0 aromatic heterocycles. The highest BCUT2D eigenvalue weighted by Crippen LogP contribution is 2.22. The summed E-state index contributed by atoms with van der Waals surface area (Å²) in [6.07, 6.45) is 0.809. The van der Waals surface area contributed by atoms with Gasteiger partial charge in [-0.05, 0) is 50.2 Å². The highest BCUT2D eigenvalue weighted by molar-refractivity contribution is 6.33. The lowest BCUT2D eigenvalue weighted by Crippen LogP contribution is -2.43. The Kier molecular flexibility index (Phi) is 7.33. The first kappa shape index (κ1) is 20.9. The summed E-state index contributed by atoms with van der Waals surface area (Å²) in [6.45, 7) is 3.74. The molecule has 2 N–H and O–H groups in total. The molecule has 1 unspecified atom stereocenters. The fourth-order valence-electron chi connectivity index (χ4n) is 2.53. The van der Waals surface area contributed by atoms with Gasteiger partial charge in [0.25, 0.3) is 0 Å². The first-order valence-corrected chi connectivity index (χ1v) is 9.03. The van der Waals surface area contributed by atoms with Gasteiger partial charge in [0.15, 0.2) is 0 Å². The highest BCUT2D eigenvalue weighted by atomic mass is 35.5. The zero-order valence-electron chi connectivity index (χ0n) is 15.6. The predicted molar refractivity (Wildman–Crippen MR) is 107 cm³/mol. The fraction of sp³-hybridized carbons (Fsp3) is 0.300. The molecule has 5 nitrogen and oxygen atoms in total. The molecule has 0 aliphatic heterocycles. The van der Waals surface area contributed by atoms with Gasteiger partial charge >= 0.3 is 0 Å². The average Bonchev–Trinajstić information content (AvgIpc) is 2.63. The number of carbonyl (C=O) groups excluding carboxylic acids is 2. The lowest BCUT2D eigenvalue weighted by atomic mass is 10.1. The summed E-state index contributed by atoms with van der Waals surface area (Å²) in [5.74, 6) is -1.03. The summed E-state index contributed by atoms with van der Waals surface area (Å²) in [5, 5.41) is 5.64. The smallest absolute Gasteiger partial charge is 0.241 e. The van der Waals surface area contributed by atoms with Crippen molar-refractivity contribution in [2.45, 2.75) is 26.3 Å². The Balaban J connectivity index is 1.94. The maximum atomic E-state index is 13.1. The minimum Gasteiger partial charge on any atom is -0.325 e. The van der Waals surface area contributed by atoms with Crippen LogP contribution < -0.4 is 10.6 Å². The second-order valence-electron chi connectivity index (χ2n) is 6.26. The van der Waals surface area contributed by atoms with Crippen LogP contribution in [0.3, 0.4) is 0 Å². The molecule has 2 amide bonds. The van der Waals surface area contributed by atoms with E-state index in [0.29, 0.717) is 5.69 Å². The van der Waals surface area contributed by atoms with E-state index in [4.69, 9.17) is 11.6 Å². The lowest BCUT2D eigenvalue weighted by molar-refractivity contribution is -0.122. The van der Waals surface area contributed by atoms with Crippen molar-refractivity contribution in [3.8, 4) is 0 Å². The maximum Gasteiger partial charge on any atom is 0.241 e. The van der Waals surface area contributed by atoms with Crippen molar-refractivity contribution < 1.29 is 14.0 Å². The summed E-state index contributed by atoms with van der Waals surface area (Å²) in [6, 6.07) is 10.8. The molecule has 0 spiro atoms. The molecule has 0 bridgehead atoms. The molecule has 0 aliphatic carbocycles. The van der Waals surface area contributed by atoms with Crippen molar-refractivity contribution in [3.63, 3.8) is 0 Å². The SMILES string of the molecule is CCc1ccccc1NC(=O)CN(C)C(C)C(=O)Nc1ccc(F)cc1Cl. The molecule has 27 heavy (non-hydrogen) atoms. The van der Waals surface area contributed by atoms with Gasteiger partial charge in [-0.2, -0.15) is 0 Å². The van der Waals surface area contributed by atoms with E-state index >= 15 is 0 Å². The van der Waals surface area contributed by atoms with Gasteiger partial charge in [0.05, 0.1) is 23.3 Å². The number of halogens is 2. The molecule has 0 fully saturated rings. The van der Waals surface area contributed by atoms with Gasteiger partial charge in [-0.25, -0.2) is 4.39 Å². The van der Waals surface area contributed by atoms with Crippen LogP contribution >= 0.6 is 11.6 Å². The van der Waals surface area contributed by atoms with E-state index in [2.05, 4.69) is 10.6 Å². The first-order chi connectivity index (χ1) is 12.8. The molecule has 0 heterocycles. The fourth-order valence-corrected chi connectivity index (χ4v) is 2.75. The lowest BCUT2D eigenvalue weighted by Gasteiger charge is -2.23. The van der Waals surface area contributed by atoms with Gasteiger partial charge in [-0.1, -0.05) is 36.7 Å². The molecular weight excluding hydrogens is 369 g/mol. The second-order valence-corrected chi connectivity index (χ2v) is 6.67. The summed E-state index contributed by atoms with van der Waals surface area (Å²) in [7, 11) is 1.68. The monoisotopic (exact) mass is 391 g/mol. The number of anilines is 2. The number of likely N-dealkylation sites (N-methyl/N-ethyl adjacent to an activating group) is 1. The van der Waals surface area contributed by atoms with Crippen molar-refractivity contribution in [2.24, 2.45) is 0 Å². The van der Waals surface area contributed by atoms with E-state index in [-0.39, 0.29) is 23.4 Å². The molecular formula is C20H23ClFN3O2. The second kappa shape index (κ2) is 9.48. The van der Waals surface area contributed by atoms with Crippen molar-refractivity contribution in [1.29, 1.82) is 0 Å². The Morgan fingerprint density at radius 3 is 2.52 bits per heavy atom. The Morgan fingerprint density at radius 2 is 1.85 bits per heavy atom. The Hall–Kier alpha value is -2.44. The van der Waals surface area contributed by atoms with Crippen molar-refractivity contribution >= 4 is 34.8 Å². The number of hydrogen-bond acceptors (Lipinski definition) is 3. The molecule has 0 aliphatic rings. The normalized spacial score (nSPS) is 11.9. The molecule has 2 aromatic carbocycles. The van der Waals surface area contributed by atoms with Gasteiger partial charge in [0, 0.05) is 5.69 Å². The Morgan fingerprint density at radius 1 is 1.15 bits per heavy atom. The van der Waals surface area contributed by atoms with E-state index in [9.17, 15) is 14.0 Å². The van der Waals surface area contributed by atoms with Crippen LogP contribution in [0.2, 0.25) is 5.02 Å².